The zero-order valence-electron chi connectivity index (χ0n) is 11.4. The quantitative estimate of drug-likeness (QED) is 0.691. The molecule has 0 aromatic heterocycles. The highest BCUT2D eigenvalue weighted by Gasteiger charge is 2.00. The molecular formula is C15H24N2O. The van der Waals surface area contributed by atoms with Crippen molar-refractivity contribution in [1.82, 2.24) is 10.6 Å². The van der Waals surface area contributed by atoms with Gasteiger partial charge in [-0.25, -0.2) is 0 Å². The number of hydrogen-bond donors (Lipinski definition) is 2. The second-order valence-corrected chi connectivity index (χ2v) is 4.94. The second kappa shape index (κ2) is 8.70. The van der Waals surface area contributed by atoms with E-state index in [1.807, 2.05) is 18.2 Å². The highest BCUT2D eigenvalue weighted by Crippen LogP contribution is 1.98. The maximum atomic E-state index is 11.5. The van der Waals surface area contributed by atoms with Crippen molar-refractivity contribution in [3.63, 3.8) is 0 Å². The molecule has 3 nitrogen and oxygen atoms in total. The van der Waals surface area contributed by atoms with Gasteiger partial charge in [0.05, 0.1) is 6.54 Å². The highest BCUT2D eigenvalue weighted by atomic mass is 16.1. The Balaban J connectivity index is 2.02. The molecule has 0 saturated carbocycles. The molecule has 0 spiro atoms. The van der Waals surface area contributed by atoms with E-state index in [1.165, 1.54) is 5.56 Å². The van der Waals surface area contributed by atoms with Crippen molar-refractivity contribution in [3.05, 3.63) is 35.9 Å². The monoisotopic (exact) mass is 248 g/mol. The van der Waals surface area contributed by atoms with Gasteiger partial charge >= 0.3 is 0 Å². The number of amides is 1. The number of hydrogen-bond acceptors (Lipinski definition) is 2. The van der Waals surface area contributed by atoms with Crippen molar-refractivity contribution in [2.24, 2.45) is 5.92 Å². The zero-order chi connectivity index (χ0) is 13.2. The van der Waals surface area contributed by atoms with E-state index in [-0.39, 0.29) is 5.91 Å². The van der Waals surface area contributed by atoms with Crippen LogP contribution in [0.15, 0.2) is 30.3 Å². The first-order valence-corrected chi connectivity index (χ1v) is 6.70. The van der Waals surface area contributed by atoms with Crippen molar-refractivity contribution in [1.29, 1.82) is 0 Å². The van der Waals surface area contributed by atoms with Crippen molar-refractivity contribution in [3.8, 4) is 0 Å². The first kappa shape index (κ1) is 14.7. The Morgan fingerprint density at radius 3 is 2.56 bits per heavy atom. The molecule has 1 amide bonds. The highest BCUT2D eigenvalue weighted by molar-refractivity contribution is 5.77. The molecule has 0 bridgehead atoms. The van der Waals surface area contributed by atoms with Gasteiger partial charge in [0.1, 0.15) is 0 Å². The van der Waals surface area contributed by atoms with Crippen molar-refractivity contribution in [2.75, 3.05) is 19.6 Å². The zero-order valence-corrected chi connectivity index (χ0v) is 11.4. The molecule has 0 unspecified atom stereocenters. The number of carbonyl (C=O) groups is 1. The van der Waals surface area contributed by atoms with Crippen LogP contribution in [0.3, 0.4) is 0 Å². The lowest BCUT2D eigenvalue weighted by Crippen LogP contribution is -2.35. The molecular weight excluding hydrogens is 224 g/mol. The number of carbonyl (C=O) groups excluding carboxylic acids is 1. The summed E-state index contributed by atoms with van der Waals surface area (Å²) in [6.07, 6.45) is 2.00. The van der Waals surface area contributed by atoms with E-state index in [4.69, 9.17) is 0 Å². The summed E-state index contributed by atoms with van der Waals surface area (Å²) in [6, 6.07) is 10.3. The molecule has 0 aliphatic rings. The summed E-state index contributed by atoms with van der Waals surface area (Å²) in [4.78, 5) is 11.5. The van der Waals surface area contributed by atoms with Crippen LogP contribution in [0.5, 0.6) is 0 Å². The van der Waals surface area contributed by atoms with Crippen LogP contribution < -0.4 is 10.6 Å². The van der Waals surface area contributed by atoms with Crippen LogP contribution in [0.1, 0.15) is 25.8 Å². The maximum absolute atomic E-state index is 11.5. The molecule has 3 heteroatoms. The van der Waals surface area contributed by atoms with Gasteiger partial charge in [-0.2, -0.15) is 0 Å². The van der Waals surface area contributed by atoms with Crippen molar-refractivity contribution in [2.45, 2.75) is 26.7 Å². The Morgan fingerprint density at radius 2 is 1.89 bits per heavy atom. The lowest BCUT2D eigenvalue weighted by Gasteiger charge is -2.08. The molecule has 2 N–H and O–H groups in total. The standard InChI is InChI=1S/C15H24N2O/c1-13(2)8-11-17-15(18)12-16-10-9-14-6-4-3-5-7-14/h3-7,13,16H,8-12H2,1-2H3,(H,17,18). The molecule has 0 fully saturated rings. The van der Waals surface area contributed by atoms with E-state index < -0.39 is 0 Å². The molecule has 0 aliphatic heterocycles. The first-order valence-electron chi connectivity index (χ1n) is 6.70. The molecule has 0 aliphatic carbocycles. The first-order chi connectivity index (χ1) is 8.68. The summed E-state index contributed by atoms with van der Waals surface area (Å²) in [5, 5.41) is 6.07. The van der Waals surface area contributed by atoms with E-state index in [1.54, 1.807) is 0 Å². The average molecular weight is 248 g/mol. The van der Waals surface area contributed by atoms with E-state index >= 15 is 0 Å². The summed E-state index contributed by atoms with van der Waals surface area (Å²) in [5.41, 5.74) is 1.30. The largest absolute Gasteiger partial charge is 0.355 e. The second-order valence-electron chi connectivity index (χ2n) is 4.94. The number of benzene rings is 1. The lowest BCUT2D eigenvalue weighted by molar-refractivity contribution is -0.120. The van der Waals surface area contributed by atoms with Gasteiger partial charge in [-0.15, -0.1) is 0 Å². The van der Waals surface area contributed by atoms with E-state index in [0.29, 0.717) is 12.5 Å². The molecule has 1 rings (SSSR count). The van der Waals surface area contributed by atoms with Gasteiger partial charge in [-0.05, 0) is 30.9 Å². The van der Waals surface area contributed by atoms with Crippen LogP contribution in [0, 0.1) is 5.92 Å². The van der Waals surface area contributed by atoms with Gasteiger partial charge in [0.2, 0.25) is 5.91 Å². The third kappa shape index (κ3) is 7.07. The van der Waals surface area contributed by atoms with Crippen LogP contribution in [-0.4, -0.2) is 25.5 Å². The van der Waals surface area contributed by atoms with E-state index in [2.05, 4.69) is 36.6 Å². The Hall–Kier alpha value is -1.35. The Morgan fingerprint density at radius 1 is 1.17 bits per heavy atom. The van der Waals surface area contributed by atoms with Crippen LogP contribution in [0.2, 0.25) is 0 Å². The minimum Gasteiger partial charge on any atom is -0.355 e. The predicted molar refractivity (Wildman–Crippen MR) is 75.5 cm³/mol. The molecule has 18 heavy (non-hydrogen) atoms. The topological polar surface area (TPSA) is 41.1 Å². The van der Waals surface area contributed by atoms with Gasteiger partial charge in [-0.3, -0.25) is 4.79 Å². The maximum Gasteiger partial charge on any atom is 0.233 e. The number of rotatable bonds is 8. The summed E-state index contributed by atoms with van der Waals surface area (Å²) >= 11 is 0. The van der Waals surface area contributed by atoms with Gasteiger partial charge in [0, 0.05) is 6.54 Å². The van der Waals surface area contributed by atoms with Gasteiger partial charge < -0.3 is 10.6 Å². The SMILES string of the molecule is CC(C)CCNC(=O)CNCCc1ccccc1. The minimum atomic E-state index is 0.0868. The number of nitrogens with one attached hydrogen (secondary N) is 2. The molecule has 0 saturated heterocycles. The fraction of sp³-hybridized carbons (Fsp3) is 0.533. The van der Waals surface area contributed by atoms with Crippen molar-refractivity contribution >= 4 is 5.91 Å². The lowest BCUT2D eigenvalue weighted by atomic mass is 10.1. The molecule has 1 aromatic rings. The summed E-state index contributed by atoms with van der Waals surface area (Å²) in [5.74, 6) is 0.722. The van der Waals surface area contributed by atoms with Crippen LogP contribution >= 0.6 is 0 Å². The van der Waals surface area contributed by atoms with E-state index in [9.17, 15) is 4.79 Å². The third-order valence-corrected chi connectivity index (χ3v) is 2.76. The van der Waals surface area contributed by atoms with E-state index in [0.717, 1.165) is 25.9 Å². The Labute approximate surface area is 110 Å². The Kier molecular flexibility index (Phi) is 7.11. The predicted octanol–water partition coefficient (Wildman–Crippen LogP) is 1.98. The minimum absolute atomic E-state index is 0.0868. The molecule has 1 aromatic carbocycles. The summed E-state index contributed by atoms with van der Waals surface area (Å²) in [6.45, 7) is 6.33. The van der Waals surface area contributed by atoms with Gasteiger partial charge in [0.15, 0.2) is 0 Å². The molecule has 0 radical (unpaired) electrons. The fourth-order valence-electron chi connectivity index (χ4n) is 1.64. The normalized spacial score (nSPS) is 10.6. The van der Waals surface area contributed by atoms with Gasteiger partial charge in [0.25, 0.3) is 0 Å². The van der Waals surface area contributed by atoms with Crippen LogP contribution in [0.4, 0.5) is 0 Å². The molecule has 100 valence electrons. The fourth-order valence-corrected chi connectivity index (χ4v) is 1.64. The third-order valence-electron chi connectivity index (χ3n) is 2.76. The van der Waals surface area contributed by atoms with Gasteiger partial charge in [-0.1, -0.05) is 44.2 Å². The Bertz CT molecular complexity index is 336. The summed E-state index contributed by atoms with van der Waals surface area (Å²) in [7, 11) is 0. The van der Waals surface area contributed by atoms with Crippen LogP contribution in [-0.2, 0) is 11.2 Å². The molecule has 0 heterocycles. The van der Waals surface area contributed by atoms with Crippen LogP contribution in [0.25, 0.3) is 0 Å². The smallest absolute Gasteiger partial charge is 0.233 e. The molecule has 0 atom stereocenters. The van der Waals surface area contributed by atoms with Crippen molar-refractivity contribution < 1.29 is 4.79 Å². The summed E-state index contributed by atoms with van der Waals surface area (Å²) < 4.78 is 0. The average Bonchev–Trinajstić information content (AvgIpc) is 2.35.